The average molecular weight is 339 g/mol. The van der Waals surface area contributed by atoms with Crippen LogP contribution in [0.2, 0.25) is 0 Å². The number of nitriles is 1. The van der Waals surface area contributed by atoms with Crippen LogP contribution in [-0.4, -0.2) is 0 Å². The molecular formula is C22H23F2N. The summed E-state index contributed by atoms with van der Waals surface area (Å²) in [6, 6.07) is 11.0. The van der Waals surface area contributed by atoms with Gasteiger partial charge in [-0.05, 0) is 78.8 Å². The lowest BCUT2D eigenvalue weighted by molar-refractivity contribution is 0.415. The molecule has 0 radical (unpaired) electrons. The molecule has 0 saturated carbocycles. The fourth-order valence-electron chi connectivity index (χ4n) is 3.81. The quantitative estimate of drug-likeness (QED) is 0.703. The monoisotopic (exact) mass is 339 g/mol. The SMILES string of the molecule is CCCc1ccc(CCC2CCc3c(ccc(C#N)c3F)C2)c(F)c1. The molecule has 0 heterocycles. The highest BCUT2D eigenvalue weighted by Gasteiger charge is 2.23. The lowest BCUT2D eigenvalue weighted by Crippen LogP contribution is -2.17. The maximum absolute atomic E-state index is 14.2. The van der Waals surface area contributed by atoms with E-state index >= 15 is 0 Å². The molecule has 1 aliphatic carbocycles. The Balaban J connectivity index is 1.64. The largest absolute Gasteiger partial charge is 0.207 e. The third-order valence-electron chi connectivity index (χ3n) is 5.25. The van der Waals surface area contributed by atoms with Gasteiger partial charge in [0, 0.05) is 0 Å². The number of benzene rings is 2. The molecule has 1 unspecified atom stereocenters. The maximum Gasteiger partial charge on any atom is 0.144 e. The Kier molecular flexibility index (Phi) is 5.48. The van der Waals surface area contributed by atoms with Crippen molar-refractivity contribution in [1.82, 2.24) is 0 Å². The first-order chi connectivity index (χ1) is 12.1. The van der Waals surface area contributed by atoms with Crippen molar-refractivity contribution in [3.05, 3.63) is 69.8 Å². The zero-order valence-corrected chi connectivity index (χ0v) is 14.6. The number of hydrogen-bond donors (Lipinski definition) is 0. The summed E-state index contributed by atoms with van der Waals surface area (Å²) >= 11 is 0. The number of nitrogens with zero attached hydrogens (tertiary/aromatic N) is 1. The molecule has 25 heavy (non-hydrogen) atoms. The molecule has 3 rings (SSSR count). The Morgan fingerprint density at radius 2 is 2.00 bits per heavy atom. The van der Waals surface area contributed by atoms with Gasteiger partial charge < -0.3 is 0 Å². The summed E-state index contributed by atoms with van der Waals surface area (Å²) in [5.41, 5.74) is 3.67. The number of rotatable bonds is 5. The second kappa shape index (κ2) is 7.78. The van der Waals surface area contributed by atoms with Crippen LogP contribution in [0, 0.1) is 28.9 Å². The van der Waals surface area contributed by atoms with Crippen LogP contribution in [0.4, 0.5) is 8.78 Å². The fraction of sp³-hybridized carbons (Fsp3) is 0.409. The fourth-order valence-corrected chi connectivity index (χ4v) is 3.81. The first-order valence-electron chi connectivity index (χ1n) is 9.10. The molecule has 0 aliphatic heterocycles. The van der Waals surface area contributed by atoms with E-state index in [1.165, 1.54) is 0 Å². The van der Waals surface area contributed by atoms with Gasteiger partial charge in [0.05, 0.1) is 5.56 Å². The van der Waals surface area contributed by atoms with Crippen molar-refractivity contribution in [2.75, 3.05) is 0 Å². The van der Waals surface area contributed by atoms with Crippen LogP contribution in [0.5, 0.6) is 0 Å². The topological polar surface area (TPSA) is 23.8 Å². The smallest absolute Gasteiger partial charge is 0.144 e. The molecular weight excluding hydrogens is 316 g/mol. The Bertz CT molecular complexity index is 804. The third-order valence-corrected chi connectivity index (χ3v) is 5.25. The van der Waals surface area contributed by atoms with E-state index < -0.39 is 0 Å². The van der Waals surface area contributed by atoms with E-state index in [-0.39, 0.29) is 17.2 Å². The van der Waals surface area contributed by atoms with E-state index in [1.54, 1.807) is 12.1 Å². The van der Waals surface area contributed by atoms with Crippen LogP contribution < -0.4 is 0 Å². The number of hydrogen-bond acceptors (Lipinski definition) is 1. The molecule has 1 atom stereocenters. The highest BCUT2D eigenvalue weighted by Crippen LogP contribution is 2.31. The Morgan fingerprint density at radius 3 is 2.72 bits per heavy atom. The predicted molar refractivity (Wildman–Crippen MR) is 95.3 cm³/mol. The van der Waals surface area contributed by atoms with E-state index in [1.807, 2.05) is 24.3 Å². The molecule has 3 heteroatoms. The maximum atomic E-state index is 14.2. The molecule has 0 amide bonds. The van der Waals surface area contributed by atoms with Gasteiger partial charge in [0.25, 0.3) is 0 Å². The first-order valence-corrected chi connectivity index (χ1v) is 9.10. The minimum Gasteiger partial charge on any atom is -0.207 e. The molecule has 2 aromatic rings. The Labute approximate surface area is 148 Å². The van der Waals surface area contributed by atoms with Crippen LogP contribution in [0.15, 0.2) is 30.3 Å². The van der Waals surface area contributed by atoms with Crippen molar-refractivity contribution in [2.24, 2.45) is 5.92 Å². The normalized spacial score (nSPS) is 16.3. The van der Waals surface area contributed by atoms with Gasteiger partial charge in [-0.15, -0.1) is 0 Å². The zero-order chi connectivity index (χ0) is 17.8. The molecule has 1 nitrogen and oxygen atoms in total. The van der Waals surface area contributed by atoms with Crippen LogP contribution in [0.3, 0.4) is 0 Å². The summed E-state index contributed by atoms with van der Waals surface area (Å²) < 4.78 is 28.4. The molecule has 0 N–H and O–H groups in total. The van der Waals surface area contributed by atoms with Gasteiger partial charge in [-0.1, -0.05) is 31.5 Å². The highest BCUT2D eigenvalue weighted by molar-refractivity contribution is 5.41. The molecule has 0 spiro atoms. The van der Waals surface area contributed by atoms with Crippen LogP contribution in [0.1, 0.15) is 54.0 Å². The van der Waals surface area contributed by atoms with Crippen LogP contribution in [0.25, 0.3) is 0 Å². The minimum atomic E-state index is -0.351. The minimum absolute atomic E-state index is 0.105. The Hall–Kier alpha value is -2.21. The molecule has 2 aromatic carbocycles. The van der Waals surface area contributed by atoms with Gasteiger partial charge in [0.2, 0.25) is 0 Å². The molecule has 1 aliphatic rings. The van der Waals surface area contributed by atoms with Crippen molar-refractivity contribution in [1.29, 1.82) is 5.26 Å². The van der Waals surface area contributed by atoms with Crippen molar-refractivity contribution >= 4 is 0 Å². The van der Waals surface area contributed by atoms with E-state index in [0.29, 0.717) is 17.9 Å². The third kappa shape index (κ3) is 3.90. The molecule has 0 bridgehead atoms. The summed E-state index contributed by atoms with van der Waals surface area (Å²) in [5, 5.41) is 8.94. The van der Waals surface area contributed by atoms with Gasteiger partial charge in [-0.25, -0.2) is 8.78 Å². The predicted octanol–water partition coefficient (Wildman–Crippen LogP) is 5.53. The number of aryl methyl sites for hydroxylation is 2. The number of halogens is 2. The van der Waals surface area contributed by atoms with Crippen molar-refractivity contribution in [2.45, 2.75) is 51.9 Å². The Morgan fingerprint density at radius 1 is 1.16 bits per heavy atom. The van der Waals surface area contributed by atoms with Crippen LogP contribution >= 0.6 is 0 Å². The van der Waals surface area contributed by atoms with Gasteiger partial charge in [0.15, 0.2) is 0 Å². The van der Waals surface area contributed by atoms with E-state index in [4.69, 9.17) is 5.26 Å². The highest BCUT2D eigenvalue weighted by atomic mass is 19.1. The van der Waals surface area contributed by atoms with Crippen molar-refractivity contribution in [3.8, 4) is 6.07 Å². The molecule has 130 valence electrons. The summed E-state index contributed by atoms with van der Waals surface area (Å²) in [6.07, 6.45) is 5.93. The van der Waals surface area contributed by atoms with E-state index in [9.17, 15) is 8.78 Å². The molecule has 0 fully saturated rings. The molecule has 0 saturated heterocycles. The molecule has 0 aromatic heterocycles. The summed E-state index contributed by atoms with van der Waals surface area (Å²) in [7, 11) is 0. The van der Waals surface area contributed by atoms with E-state index in [0.717, 1.165) is 55.2 Å². The second-order valence-electron chi connectivity index (χ2n) is 7.00. The summed E-state index contributed by atoms with van der Waals surface area (Å²) in [5.74, 6) is -0.0163. The van der Waals surface area contributed by atoms with Gasteiger partial charge >= 0.3 is 0 Å². The average Bonchev–Trinajstić information content (AvgIpc) is 2.61. The summed E-state index contributed by atoms with van der Waals surface area (Å²) in [6.45, 7) is 2.09. The van der Waals surface area contributed by atoms with Crippen LogP contribution in [-0.2, 0) is 25.7 Å². The zero-order valence-electron chi connectivity index (χ0n) is 14.6. The lowest BCUT2D eigenvalue weighted by Gasteiger charge is -2.25. The second-order valence-corrected chi connectivity index (χ2v) is 7.00. The van der Waals surface area contributed by atoms with Gasteiger partial charge in [-0.2, -0.15) is 5.26 Å². The van der Waals surface area contributed by atoms with Crippen molar-refractivity contribution < 1.29 is 8.78 Å². The summed E-state index contributed by atoms with van der Waals surface area (Å²) in [4.78, 5) is 0. The van der Waals surface area contributed by atoms with Gasteiger partial charge in [0.1, 0.15) is 17.7 Å². The standard InChI is InChI=1S/C22H23F2N/c1-2-3-15-4-7-17(21(23)13-15)8-5-16-6-11-20-18(12-16)9-10-19(14-25)22(20)24/h4,7,9-10,13,16H,2-3,5-6,8,11-12H2,1H3. The van der Waals surface area contributed by atoms with Crippen molar-refractivity contribution in [3.63, 3.8) is 0 Å². The lowest BCUT2D eigenvalue weighted by atomic mass is 9.80. The van der Waals surface area contributed by atoms with Gasteiger partial charge in [-0.3, -0.25) is 0 Å². The first kappa shape index (κ1) is 17.6. The van der Waals surface area contributed by atoms with E-state index in [2.05, 4.69) is 6.92 Å². The number of fused-ring (bicyclic) bond motifs is 1.